The van der Waals surface area contributed by atoms with Crippen molar-refractivity contribution in [2.24, 2.45) is 16.1 Å². The molecule has 3 aliphatic rings. The molecule has 244 valence electrons. The van der Waals surface area contributed by atoms with E-state index in [2.05, 4.69) is 64.6 Å². The Labute approximate surface area is 270 Å². The predicted molar refractivity (Wildman–Crippen MR) is 184 cm³/mol. The van der Waals surface area contributed by atoms with E-state index in [1.165, 1.54) is 25.7 Å². The van der Waals surface area contributed by atoms with E-state index in [-0.39, 0.29) is 17.9 Å². The summed E-state index contributed by atoms with van der Waals surface area (Å²) in [5.41, 5.74) is 10.9. The highest BCUT2D eigenvalue weighted by atomic mass is 16.2. The minimum atomic E-state index is -0.187. The average Bonchev–Trinajstić information content (AvgIpc) is 3.81. The van der Waals surface area contributed by atoms with Gasteiger partial charge in [0, 0.05) is 62.7 Å². The highest BCUT2D eigenvalue weighted by Gasteiger charge is 2.44. The van der Waals surface area contributed by atoms with Crippen molar-refractivity contribution in [3.05, 3.63) is 70.7 Å². The van der Waals surface area contributed by atoms with Gasteiger partial charge in [-0.15, -0.1) is 0 Å². The molecular weight excluding hydrogens is 562 g/mol. The lowest BCUT2D eigenvalue weighted by molar-refractivity contribution is -0.942. The Morgan fingerprint density at radius 2 is 1.98 bits per heavy atom. The van der Waals surface area contributed by atoms with Crippen molar-refractivity contribution < 1.29 is 14.1 Å². The van der Waals surface area contributed by atoms with Crippen molar-refractivity contribution in [2.45, 2.75) is 78.3 Å². The average molecular weight is 617 g/mol. The number of pyridine rings is 1. The summed E-state index contributed by atoms with van der Waals surface area (Å²) < 4.78 is 0.821. The largest absolute Gasteiger partial charge is 0.404 e. The molecule has 2 amide bonds. The van der Waals surface area contributed by atoms with Gasteiger partial charge in [0.15, 0.2) is 0 Å². The van der Waals surface area contributed by atoms with Crippen LogP contribution < -0.4 is 16.4 Å². The van der Waals surface area contributed by atoms with Crippen LogP contribution in [0, 0.1) is 12.3 Å². The van der Waals surface area contributed by atoms with Crippen LogP contribution >= 0.6 is 0 Å². The first-order valence-electron chi connectivity index (χ1n) is 16.6. The van der Waals surface area contributed by atoms with E-state index >= 15 is 0 Å². The summed E-state index contributed by atoms with van der Waals surface area (Å²) in [5, 5.41) is 6.02. The molecule has 0 aromatic carbocycles. The number of allylic oxidation sites excluding steroid dienone is 3. The van der Waals surface area contributed by atoms with Crippen molar-refractivity contribution in [3.8, 4) is 0 Å². The van der Waals surface area contributed by atoms with Crippen LogP contribution in [0.2, 0.25) is 0 Å². The normalized spacial score (nSPS) is 25.2. The van der Waals surface area contributed by atoms with E-state index in [1.54, 1.807) is 31.7 Å². The standard InChI is InChI=1S/C36H53N7O2/c1-7-32-11-10-29(31(23-37)24-38-5)21-27(3)43(32,6)20-8-9-26(2)34(44)41-33-22-30(25-40-28(33)4)35(45)39-16-19-42-17-14-36(12-13-36)15-18-42/h9-11,21-25,27,32H,7-8,12-20H2,1-6H3,(H3-,37,38,39,41,44,45)/p+1. The quantitative estimate of drug-likeness (QED) is 0.175. The second kappa shape index (κ2) is 15.1. The van der Waals surface area contributed by atoms with Gasteiger partial charge in [-0.25, -0.2) is 0 Å². The van der Waals surface area contributed by atoms with Gasteiger partial charge in [-0.2, -0.15) is 0 Å². The van der Waals surface area contributed by atoms with Gasteiger partial charge in [0.2, 0.25) is 0 Å². The highest BCUT2D eigenvalue weighted by molar-refractivity contribution is 6.04. The number of carbonyl (C=O) groups excluding carboxylic acids is 2. The fourth-order valence-electron chi connectivity index (χ4n) is 6.68. The molecule has 1 saturated carbocycles. The highest BCUT2D eigenvalue weighted by Crippen LogP contribution is 2.53. The predicted octanol–water partition coefficient (Wildman–Crippen LogP) is 4.92. The van der Waals surface area contributed by atoms with Gasteiger partial charge in [0.1, 0.15) is 12.1 Å². The number of nitrogens with one attached hydrogen (secondary N) is 2. The number of piperidine rings is 1. The number of aryl methyl sites for hydroxylation is 1. The number of nitrogens with two attached hydrogens (primary N) is 1. The fraction of sp³-hybridized carbons (Fsp3) is 0.556. The van der Waals surface area contributed by atoms with E-state index in [9.17, 15) is 9.59 Å². The molecule has 4 N–H and O–H groups in total. The van der Waals surface area contributed by atoms with Gasteiger partial charge in [-0.3, -0.25) is 19.6 Å². The molecule has 1 spiro atoms. The molecule has 3 unspecified atom stereocenters. The lowest BCUT2D eigenvalue weighted by atomic mass is 9.94. The number of hydrogen-bond donors (Lipinski definition) is 3. The molecule has 9 nitrogen and oxygen atoms in total. The number of likely N-dealkylation sites (N-methyl/N-ethyl adjacent to an activating group) is 1. The lowest BCUT2D eigenvalue weighted by Gasteiger charge is -2.43. The molecule has 1 saturated heterocycles. The molecule has 3 atom stereocenters. The van der Waals surface area contributed by atoms with Crippen LogP contribution in [0.4, 0.5) is 5.69 Å². The molecular formula is C36H54N7O2+. The van der Waals surface area contributed by atoms with Gasteiger partial charge >= 0.3 is 0 Å². The number of rotatable bonds is 12. The summed E-state index contributed by atoms with van der Waals surface area (Å²) in [6.45, 7) is 12.7. The summed E-state index contributed by atoms with van der Waals surface area (Å²) in [4.78, 5) is 37.1. The zero-order valence-electron chi connectivity index (χ0n) is 28.2. The summed E-state index contributed by atoms with van der Waals surface area (Å²) in [6, 6.07) is 2.28. The maximum absolute atomic E-state index is 13.2. The van der Waals surface area contributed by atoms with E-state index in [4.69, 9.17) is 5.73 Å². The summed E-state index contributed by atoms with van der Waals surface area (Å²) in [6.07, 6.45) is 20.8. The Morgan fingerprint density at radius 1 is 1.24 bits per heavy atom. The van der Waals surface area contributed by atoms with E-state index < -0.39 is 0 Å². The smallest absolute Gasteiger partial charge is 0.252 e. The number of amides is 2. The molecule has 3 heterocycles. The second-order valence-corrected chi connectivity index (χ2v) is 13.4. The van der Waals surface area contributed by atoms with Gasteiger partial charge in [-0.1, -0.05) is 19.1 Å². The lowest BCUT2D eigenvalue weighted by Crippen LogP contribution is -2.56. The number of aromatic nitrogens is 1. The van der Waals surface area contributed by atoms with Crippen molar-refractivity contribution in [1.82, 2.24) is 15.2 Å². The zero-order valence-corrected chi connectivity index (χ0v) is 28.2. The van der Waals surface area contributed by atoms with Gasteiger partial charge in [0.05, 0.1) is 30.5 Å². The SMILES string of the molecule is CCC1C=CC(/C(C=NC)=C/N)=CC(C)[N+]1(C)CCC=C(C)C(=O)Nc1cc(C(=O)NCCN2CCC3(CC2)CC3)cnc1C. The van der Waals surface area contributed by atoms with Crippen LogP contribution in [0.5, 0.6) is 0 Å². The Kier molecular flexibility index (Phi) is 11.6. The molecule has 1 aromatic rings. The van der Waals surface area contributed by atoms with Crippen molar-refractivity contribution >= 4 is 23.7 Å². The molecule has 0 radical (unpaired) electrons. The number of likely N-dealkylation sites (tertiary alicyclic amines) is 1. The minimum absolute atomic E-state index is 0.169. The first kappa shape index (κ1) is 34.3. The van der Waals surface area contributed by atoms with Gasteiger partial charge in [-0.05, 0) is 88.8 Å². The van der Waals surface area contributed by atoms with Crippen LogP contribution in [0.3, 0.4) is 0 Å². The maximum atomic E-state index is 13.2. The third kappa shape index (κ3) is 8.58. The summed E-state index contributed by atoms with van der Waals surface area (Å²) in [5.74, 6) is -0.356. The monoisotopic (exact) mass is 616 g/mol. The van der Waals surface area contributed by atoms with Crippen LogP contribution in [0.25, 0.3) is 0 Å². The number of anilines is 1. The minimum Gasteiger partial charge on any atom is -0.404 e. The first-order valence-corrected chi connectivity index (χ1v) is 16.6. The first-order chi connectivity index (χ1) is 21.5. The van der Waals surface area contributed by atoms with Gasteiger partial charge in [0.25, 0.3) is 11.8 Å². The van der Waals surface area contributed by atoms with Crippen molar-refractivity contribution in [3.63, 3.8) is 0 Å². The van der Waals surface area contributed by atoms with Crippen LogP contribution in [-0.4, -0.2) is 91.3 Å². The number of hydrogen-bond acceptors (Lipinski definition) is 6. The van der Waals surface area contributed by atoms with Crippen molar-refractivity contribution in [1.29, 1.82) is 0 Å². The summed E-state index contributed by atoms with van der Waals surface area (Å²) >= 11 is 0. The second-order valence-electron chi connectivity index (χ2n) is 13.4. The molecule has 2 fully saturated rings. The zero-order chi connectivity index (χ0) is 32.6. The fourth-order valence-corrected chi connectivity index (χ4v) is 6.68. The third-order valence-electron chi connectivity index (χ3n) is 10.4. The number of quaternary nitrogens is 1. The van der Waals surface area contributed by atoms with E-state index in [0.717, 1.165) is 54.6 Å². The molecule has 9 heteroatoms. The number of carbonyl (C=O) groups is 2. The molecule has 0 bridgehead atoms. The molecule has 2 aliphatic heterocycles. The Hall–Kier alpha value is -3.56. The van der Waals surface area contributed by atoms with E-state index in [1.807, 2.05) is 19.9 Å². The Balaban J connectivity index is 1.32. The van der Waals surface area contributed by atoms with Crippen LogP contribution in [0.15, 0.2) is 64.5 Å². The molecule has 1 aromatic heterocycles. The molecule has 1 aliphatic carbocycles. The van der Waals surface area contributed by atoms with Crippen LogP contribution in [0.1, 0.15) is 75.3 Å². The molecule has 4 rings (SSSR count). The number of aliphatic imine (C=N–C) groups is 1. The Bertz CT molecular complexity index is 1380. The van der Waals surface area contributed by atoms with E-state index in [0.29, 0.717) is 40.5 Å². The van der Waals surface area contributed by atoms with Crippen molar-refractivity contribution in [2.75, 3.05) is 52.1 Å². The number of nitrogens with zero attached hydrogens (tertiary/aromatic N) is 4. The maximum Gasteiger partial charge on any atom is 0.252 e. The summed E-state index contributed by atoms with van der Waals surface area (Å²) in [7, 11) is 4.03. The van der Waals surface area contributed by atoms with Crippen LogP contribution in [-0.2, 0) is 4.79 Å². The molecule has 45 heavy (non-hydrogen) atoms. The Morgan fingerprint density at radius 3 is 2.62 bits per heavy atom. The third-order valence-corrected chi connectivity index (χ3v) is 10.4. The van der Waals surface area contributed by atoms with Gasteiger partial charge < -0.3 is 25.8 Å². The topological polar surface area (TPSA) is 113 Å².